The number of aryl methyl sites for hydroxylation is 1. The van der Waals surface area contributed by atoms with E-state index in [0.29, 0.717) is 23.7 Å². The lowest BCUT2D eigenvalue weighted by Crippen LogP contribution is -2.45. The maximum atomic E-state index is 12.1. The zero-order chi connectivity index (χ0) is 15.3. The number of carbonyl (C=O) groups excluding carboxylic acids is 2. The molecule has 5 nitrogen and oxygen atoms in total. The Hall–Kier alpha value is -2.04. The van der Waals surface area contributed by atoms with Crippen LogP contribution in [0.25, 0.3) is 0 Å². The predicted octanol–water partition coefficient (Wildman–Crippen LogP) is 1.47. The van der Waals surface area contributed by atoms with Gasteiger partial charge in [0.25, 0.3) is 5.91 Å². The molecule has 5 heteroatoms. The minimum absolute atomic E-state index is 0.196. The largest absolute Gasteiger partial charge is 0.398 e. The molecular weight excluding hydrogens is 254 g/mol. The van der Waals surface area contributed by atoms with Gasteiger partial charge >= 0.3 is 0 Å². The SMILES string of the molecule is Cc1cccc(C(=O)NC(C)C(=O)NCC(C)C)c1N. The maximum Gasteiger partial charge on any atom is 0.254 e. The molecule has 1 aromatic carbocycles. The Labute approximate surface area is 119 Å². The summed E-state index contributed by atoms with van der Waals surface area (Å²) in [5.41, 5.74) is 7.56. The van der Waals surface area contributed by atoms with Gasteiger partial charge in [0.05, 0.1) is 5.56 Å². The molecule has 20 heavy (non-hydrogen) atoms. The van der Waals surface area contributed by atoms with Crippen molar-refractivity contribution in [2.45, 2.75) is 33.7 Å². The normalized spacial score (nSPS) is 12.1. The number of rotatable bonds is 5. The summed E-state index contributed by atoms with van der Waals surface area (Å²) in [4.78, 5) is 23.9. The average Bonchev–Trinajstić information content (AvgIpc) is 2.38. The first-order valence-electron chi connectivity index (χ1n) is 6.76. The minimum Gasteiger partial charge on any atom is -0.398 e. The van der Waals surface area contributed by atoms with Crippen molar-refractivity contribution in [1.29, 1.82) is 0 Å². The van der Waals surface area contributed by atoms with Gasteiger partial charge in [0.2, 0.25) is 5.91 Å². The molecule has 1 aromatic rings. The van der Waals surface area contributed by atoms with Gasteiger partial charge in [0, 0.05) is 12.2 Å². The highest BCUT2D eigenvalue weighted by Crippen LogP contribution is 2.16. The van der Waals surface area contributed by atoms with Crippen molar-refractivity contribution in [3.8, 4) is 0 Å². The van der Waals surface area contributed by atoms with Crippen molar-refractivity contribution in [1.82, 2.24) is 10.6 Å². The number of carbonyl (C=O) groups is 2. The first kappa shape index (κ1) is 16.0. The van der Waals surface area contributed by atoms with Gasteiger partial charge in [0.1, 0.15) is 6.04 Å². The third-order valence-corrected chi connectivity index (χ3v) is 2.99. The van der Waals surface area contributed by atoms with Crippen LogP contribution < -0.4 is 16.4 Å². The molecule has 0 spiro atoms. The van der Waals surface area contributed by atoms with Gasteiger partial charge in [-0.15, -0.1) is 0 Å². The topological polar surface area (TPSA) is 84.2 Å². The van der Waals surface area contributed by atoms with Crippen molar-refractivity contribution in [2.24, 2.45) is 5.92 Å². The molecule has 1 rings (SSSR count). The molecule has 0 fully saturated rings. The van der Waals surface area contributed by atoms with Crippen molar-refractivity contribution >= 4 is 17.5 Å². The molecule has 1 unspecified atom stereocenters. The van der Waals surface area contributed by atoms with Gasteiger partial charge in [0.15, 0.2) is 0 Å². The Morgan fingerprint density at radius 2 is 1.90 bits per heavy atom. The molecule has 0 aromatic heterocycles. The summed E-state index contributed by atoms with van der Waals surface area (Å²) in [6.45, 7) is 8.10. The maximum absolute atomic E-state index is 12.1. The number of nitrogen functional groups attached to an aromatic ring is 1. The molecule has 0 aliphatic heterocycles. The van der Waals surface area contributed by atoms with Crippen molar-refractivity contribution in [3.63, 3.8) is 0 Å². The van der Waals surface area contributed by atoms with E-state index >= 15 is 0 Å². The molecule has 2 amide bonds. The summed E-state index contributed by atoms with van der Waals surface area (Å²) in [7, 11) is 0. The molecule has 0 radical (unpaired) electrons. The van der Waals surface area contributed by atoms with E-state index in [9.17, 15) is 9.59 Å². The van der Waals surface area contributed by atoms with Crippen molar-refractivity contribution in [2.75, 3.05) is 12.3 Å². The van der Waals surface area contributed by atoms with E-state index in [1.165, 1.54) is 0 Å². The van der Waals surface area contributed by atoms with E-state index in [-0.39, 0.29) is 11.8 Å². The Kier molecular flexibility index (Phi) is 5.55. The zero-order valence-corrected chi connectivity index (χ0v) is 12.5. The summed E-state index contributed by atoms with van der Waals surface area (Å²) in [6.07, 6.45) is 0. The van der Waals surface area contributed by atoms with E-state index in [1.54, 1.807) is 19.1 Å². The lowest BCUT2D eigenvalue weighted by molar-refractivity contribution is -0.122. The van der Waals surface area contributed by atoms with Crippen LogP contribution >= 0.6 is 0 Å². The molecule has 4 N–H and O–H groups in total. The predicted molar refractivity (Wildman–Crippen MR) is 80.4 cm³/mol. The molecule has 1 atom stereocenters. The number of amides is 2. The quantitative estimate of drug-likeness (QED) is 0.713. The van der Waals surface area contributed by atoms with Crippen LogP contribution in [0.2, 0.25) is 0 Å². The van der Waals surface area contributed by atoms with Gasteiger partial charge < -0.3 is 16.4 Å². The molecule has 0 aliphatic rings. The number of hydrogen-bond donors (Lipinski definition) is 3. The van der Waals surface area contributed by atoms with Gasteiger partial charge in [-0.1, -0.05) is 26.0 Å². The number of hydrogen-bond acceptors (Lipinski definition) is 3. The van der Waals surface area contributed by atoms with Crippen LogP contribution in [0.5, 0.6) is 0 Å². The number of anilines is 1. The van der Waals surface area contributed by atoms with Crippen LogP contribution in [0, 0.1) is 12.8 Å². The standard InChI is InChI=1S/C15H23N3O2/c1-9(2)8-17-14(19)11(4)18-15(20)12-7-5-6-10(3)13(12)16/h5-7,9,11H,8,16H2,1-4H3,(H,17,19)(H,18,20). The van der Waals surface area contributed by atoms with Gasteiger partial charge in [-0.2, -0.15) is 0 Å². The van der Waals surface area contributed by atoms with Crippen LogP contribution in [0.4, 0.5) is 5.69 Å². The zero-order valence-electron chi connectivity index (χ0n) is 12.5. The van der Waals surface area contributed by atoms with Gasteiger partial charge in [-0.05, 0) is 31.4 Å². The van der Waals surface area contributed by atoms with Crippen LogP contribution in [0.1, 0.15) is 36.7 Å². The second-order valence-corrected chi connectivity index (χ2v) is 5.37. The molecule has 0 saturated carbocycles. The number of benzene rings is 1. The monoisotopic (exact) mass is 277 g/mol. The lowest BCUT2D eigenvalue weighted by Gasteiger charge is -2.16. The smallest absolute Gasteiger partial charge is 0.254 e. The molecule has 0 bridgehead atoms. The highest BCUT2D eigenvalue weighted by molar-refractivity contribution is 6.01. The lowest BCUT2D eigenvalue weighted by atomic mass is 10.1. The van der Waals surface area contributed by atoms with E-state index in [0.717, 1.165) is 5.56 Å². The third-order valence-electron chi connectivity index (χ3n) is 2.99. The third kappa shape index (κ3) is 4.26. The fourth-order valence-electron chi connectivity index (χ4n) is 1.68. The first-order chi connectivity index (χ1) is 9.32. The average molecular weight is 277 g/mol. The first-order valence-corrected chi connectivity index (χ1v) is 6.76. The van der Waals surface area contributed by atoms with Crippen molar-refractivity contribution in [3.05, 3.63) is 29.3 Å². The summed E-state index contributed by atoms with van der Waals surface area (Å²) in [5.74, 6) is -0.161. The van der Waals surface area contributed by atoms with E-state index in [2.05, 4.69) is 10.6 Å². The van der Waals surface area contributed by atoms with E-state index < -0.39 is 6.04 Å². The Morgan fingerprint density at radius 3 is 2.50 bits per heavy atom. The van der Waals surface area contributed by atoms with Gasteiger partial charge in [-0.3, -0.25) is 9.59 Å². The molecule has 0 heterocycles. The summed E-state index contributed by atoms with van der Waals surface area (Å²) in [5, 5.41) is 5.44. The number of nitrogens with one attached hydrogen (secondary N) is 2. The van der Waals surface area contributed by atoms with E-state index in [1.807, 2.05) is 26.8 Å². The molecule has 110 valence electrons. The summed E-state index contributed by atoms with van der Waals surface area (Å²) in [6, 6.07) is 4.66. The van der Waals surface area contributed by atoms with Gasteiger partial charge in [-0.25, -0.2) is 0 Å². The minimum atomic E-state index is -0.596. The van der Waals surface area contributed by atoms with Crippen LogP contribution in [0.15, 0.2) is 18.2 Å². The number of nitrogens with two attached hydrogens (primary N) is 1. The fourth-order valence-corrected chi connectivity index (χ4v) is 1.68. The number of para-hydroxylation sites is 1. The highest BCUT2D eigenvalue weighted by atomic mass is 16.2. The second kappa shape index (κ2) is 6.93. The summed E-state index contributed by atoms with van der Waals surface area (Å²) >= 11 is 0. The Balaban J connectivity index is 2.66. The molecule has 0 aliphatic carbocycles. The summed E-state index contributed by atoms with van der Waals surface area (Å²) < 4.78 is 0. The molecular formula is C15H23N3O2. The Bertz CT molecular complexity index is 498. The molecule has 0 saturated heterocycles. The fraction of sp³-hybridized carbons (Fsp3) is 0.467. The van der Waals surface area contributed by atoms with Crippen molar-refractivity contribution < 1.29 is 9.59 Å². The second-order valence-electron chi connectivity index (χ2n) is 5.37. The van der Waals surface area contributed by atoms with Crippen LogP contribution in [0.3, 0.4) is 0 Å². The van der Waals surface area contributed by atoms with Crippen LogP contribution in [-0.2, 0) is 4.79 Å². The van der Waals surface area contributed by atoms with E-state index in [4.69, 9.17) is 5.73 Å². The highest BCUT2D eigenvalue weighted by Gasteiger charge is 2.18. The Morgan fingerprint density at radius 1 is 1.25 bits per heavy atom. The van der Waals surface area contributed by atoms with Crippen LogP contribution in [-0.4, -0.2) is 24.4 Å².